The number of hydrogen-bond donors (Lipinski definition) is 1. The summed E-state index contributed by atoms with van der Waals surface area (Å²) in [5.74, 6) is 0. The lowest BCUT2D eigenvalue weighted by atomic mass is 10.3. The van der Waals surface area contributed by atoms with Crippen LogP contribution in [0.4, 0.5) is 0 Å². The summed E-state index contributed by atoms with van der Waals surface area (Å²) in [6.07, 6.45) is 3.42. The van der Waals surface area contributed by atoms with E-state index in [0.29, 0.717) is 12.2 Å². The number of nitrogens with one attached hydrogen (secondary N) is 1. The van der Waals surface area contributed by atoms with Crippen molar-refractivity contribution in [3.63, 3.8) is 0 Å². The number of sulfonamides is 1. The van der Waals surface area contributed by atoms with Gasteiger partial charge in [-0.2, -0.15) is 10.2 Å². The average Bonchev–Trinajstić information content (AvgIpc) is 3.00. The molecule has 2 rings (SSSR count). The zero-order valence-electron chi connectivity index (χ0n) is 12.8. The van der Waals surface area contributed by atoms with Crippen LogP contribution in [0.5, 0.6) is 0 Å². The minimum atomic E-state index is -3.56. The summed E-state index contributed by atoms with van der Waals surface area (Å²) in [4.78, 5) is 0.227. The van der Waals surface area contributed by atoms with Crippen LogP contribution >= 0.6 is 0 Å². The Bertz CT molecular complexity index is 730. The van der Waals surface area contributed by atoms with E-state index in [1.807, 2.05) is 27.0 Å². The maximum Gasteiger partial charge on any atom is 0.244 e. The molecule has 0 aromatic carbocycles. The summed E-state index contributed by atoms with van der Waals surface area (Å²) in [5, 5.41) is 8.47. The molecular weight excluding hydrogens is 290 g/mol. The molecule has 1 N–H and O–H groups in total. The first kappa shape index (κ1) is 15.7. The topological polar surface area (TPSA) is 81.8 Å². The number of aromatic nitrogens is 4. The minimum Gasteiger partial charge on any atom is -0.272 e. The van der Waals surface area contributed by atoms with Crippen molar-refractivity contribution in [1.29, 1.82) is 0 Å². The first-order valence-corrected chi connectivity index (χ1v) is 8.42. The van der Waals surface area contributed by atoms with Crippen molar-refractivity contribution in [2.45, 2.75) is 52.2 Å². The van der Waals surface area contributed by atoms with Crippen molar-refractivity contribution in [3.05, 3.63) is 29.3 Å². The van der Waals surface area contributed by atoms with Gasteiger partial charge in [0.2, 0.25) is 10.0 Å². The quantitative estimate of drug-likeness (QED) is 0.869. The third kappa shape index (κ3) is 3.33. The summed E-state index contributed by atoms with van der Waals surface area (Å²) in [6, 6.07) is 0. The molecule has 2 aromatic rings. The van der Waals surface area contributed by atoms with Crippen LogP contribution in [0.3, 0.4) is 0 Å². The van der Waals surface area contributed by atoms with Crippen LogP contribution in [0, 0.1) is 13.8 Å². The Morgan fingerprint density at radius 1 is 1.05 bits per heavy atom. The first-order valence-electron chi connectivity index (χ1n) is 6.94. The Hall–Kier alpha value is -1.67. The van der Waals surface area contributed by atoms with E-state index in [9.17, 15) is 8.42 Å². The van der Waals surface area contributed by atoms with E-state index in [1.54, 1.807) is 22.5 Å². The normalized spacial score (nSPS) is 12.0. The van der Waals surface area contributed by atoms with Crippen LogP contribution in [-0.4, -0.2) is 28.0 Å². The van der Waals surface area contributed by atoms with E-state index < -0.39 is 10.0 Å². The SMILES string of the molecule is CCn1cc(CNS(=O)(=O)c2cn(CC)nc2C)c(C)n1. The Labute approximate surface area is 125 Å². The molecule has 8 heteroatoms. The van der Waals surface area contributed by atoms with Gasteiger partial charge in [0.25, 0.3) is 0 Å². The molecule has 0 radical (unpaired) electrons. The Balaban J connectivity index is 2.17. The molecule has 0 saturated carbocycles. The zero-order chi connectivity index (χ0) is 15.6. The second-order valence-corrected chi connectivity index (χ2v) is 6.59. The van der Waals surface area contributed by atoms with Gasteiger partial charge in [0.1, 0.15) is 4.90 Å². The van der Waals surface area contributed by atoms with E-state index in [2.05, 4.69) is 14.9 Å². The summed E-state index contributed by atoms with van der Waals surface area (Å²) < 4.78 is 30.7. The fourth-order valence-electron chi connectivity index (χ4n) is 2.07. The molecular formula is C13H21N5O2S. The molecule has 7 nitrogen and oxygen atoms in total. The largest absolute Gasteiger partial charge is 0.272 e. The third-order valence-corrected chi connectivity index (χ3v) is 4.84. The molecule has 2 heterocycles. The van der Waals surface area contributed by atoms with Crippen molar-refractivity contribution in [2.75, 3.05) is 0 Å². The lowest BCUT2D eigenvalue weighted by Crippen LogP contribution is -2.23. The summed E-state index contributed by atoms with van der Waals surface area (Å²) in [6.45, 7) is 9.10. The smallest absolute Gasteiger partial charge is 0.244 e. The average molecular weight is 311 g/mol. The summed E-state index contributed by atoms with van der Waals surface area (Å²) in [5.41, 5.74) is 2.21. The lowest BCUT2D eigenvalue weighted by Gasteiger charge is -2.04. The summed E-state index contributed by atoms with van der Waals surface area (Å²) >= 11 is 0. The highest BCUT2D eigenvalue weighted by Gasteiger charge is 2.20. The fourth-order valence-corrected chi connectivity index (χ4v) is 3.26. The van der Waals surface area contributed by atoms with Crippen LogP contribution in [0.1, 0.15) is 30.8 Å². The van der Waals surface area contributed by atoms with Gasteiger partial charge in [-0.15, -0.1) is 0 Å². The number of aryl methyl sites for hydroxylation is 4. The molecule has 0 aliphatic carbocycles. The van der Waals surface area contributed by atoms with Gasteiger partial charge in [-0.3, -0.25) is 9.36 Å². The predicted molar refractivity (Wildman–Crippen MR) is 79.3 cm³/mol. The Morgan fingerprint density at radius 2 is 1.62 bits per heavy atom. The minimum absolute atomic E-state index is 0.227. The van der Waals surface area contributed by atoms with Gasteiger partial charge < -0.3 is 0 Å². The molecule has 0 spiro atoms. The maximum atomic E-state index is 12.4. The van der Waals surface area contributed by atoms with E-state index in [1.165, 1.54) is 0 Å². The molecule has 116 valence electrons. The molecule has 0 amide bonds. The molecule has 21 heavy (non-hydrogen) atoms. The highest BCUT2D eigenvalue weighted by molar-refractivity contribution is 7.89. The van der Waals surface area contributed by atoms with Crippen molar-refractivity contribution in [3.8, 4) is 0 Å². The van der Waals surface area contributed by atoms with Crippen LogP contribution in [-0.2, 0) is 29.7 Å². The van der Waals surface area contributed by atoms with E-state index >= 15 is 0 Å². The monoisotopic (exact) mass is 311 g/mol. The van der Waals surface area contributed by atoms with Crippen molar-refractivity contribution in [1.82, 2.24) is 24.3 Å². The highest BCUT2D eigenvalue weighted by atomic mass is 32.2. The van der Waals surface area contributed by atoms with Gasteiger partial charge in [-0.1, -0.05) is 0 Å². The fraction of sp³-hybridized carbons (Fsp3) is 0.538. The molecule has 0 atom stereocenters. The summed E-state index contributed by atoms with van der Waals surface area (Å²) in [7, 11) is -3.56. The molecule has 0 unspecified atom stereocenters. The lowest BCUT2D eigenvalue weighted by molar-refractivity contribution is 0.580. The van der Waals surface area contributed by atoms with Crippen molar-refractivity contribution in [2.24, 2.45) is 0 Å². The second-order valence-electron chi connectivity index (χ2n) is 4.85. The molecule has 0 saturated heterocycles. The maximum absolute atomic E-state index is 12.4. The zero-order valence-corrected chi connectivity index (χ0v) is 13.6. The molecule has 0 aliphatic rings. The number of hydrogen-bond acceptors (Lipinski definition) is 4. The van der Waals surface area contributed by atoms with Gasteiger partial charge in [0.15, 0.2) is 0 Å². The van der Waals surface area contributed by atoms with Crippen molar-refractivity contribution >= 4 is 10.0 Å². The van der Waals surface area contributed by atoms with Gasteiger partial charge >= 0.3 is 0 Å². The van der Waals surface area contributed by atoms with Crippen LogP contribution in [0.2, 0.25) is 0 Å². The molecule has 0 bridgehead atoms. The molecule has 0 aliphatic heterocycles. The van der Waals surface area contributed by atoms with Gasteiger partial charge in [-0.05, 0) is 27.7 Å². The van der Waals surface area contributed by atoms with E-state index in [0.717, 1.165) is 17.8 Å². The Kier molecular flexibility index (Phi) is 4.48. The van der Waals surface area contributed by atoms with E-state index in [4.69, 9.17) is 0 Å². The van der Waals surface area contributed by atoms with Gasteiger partial charge in [0.05, 0.1) is 11.4 Å². The molecule has 2 aromatic heterocycles. The molecule has 0 fully saturated rings. The predicted octanol–water partition coefficient (Wildman–Crippen LogP) is 1.21. The Morgan fingerprint density at radius 3 is 2.14 bits per heavy atom. The van der Waals surface area contributed by atoms with Crippen LogP contribution in [0.15, 0.2) is 17.3 Å². The van der Waals surface area contributed by atoms with Crippen molar-refractivity contribution < 1.29 is 8.42 Å². The van der Waals surface area contributed by atoms with Gasteiger partial charge in [0, 0.05) is 37.6 Å². The van der Waals surface area contributed by atoms with Crippen LogP contribution in [0.25, 0.3) is 0 Å². The second kappa shape index (κ2) is 5.98. The van der Waals surface area contributed by atoms with Gasteiger partial charge in [-0.25, -0.2) is 13.1 Å². The third-order valence-electron chi connectivity index (χ3n) is 3.34. The highest BCUT2D eigenvalue weighted by Crippen LogP contribution is 2.14. The van der Waals surface area contributed by atoms with Crippen LogP contribution < -0.4 is 4.72 Å². The van der Waals surface area contributed by atoms with E-state index in [-0.39, 0.29) is 11.4 Å². The number of rotatable bonds is 6. The standard InChI is InChI=1S/C13H21N5O2S/c1-5-17-8-12(10(3)15-17)7-14-21(19,20)13-9-18(6-2)16-11(13)4/h8-9,14H,5-7H2,1-4H3. The number of nitrogens with zero attached hydrogens (tertiary/aromatic N) is 4. The first-order chi connectivity index (χ1) is 9.87.